The number of hydrogen-bond acceptors (Lipinski definition) is 3. The van der Waals surface area contributed by atoms with Gasteiger partial charge in [-0.3, -0.25) is 4.90 Å². The van der Waals surface area contributed by atoms with Gasteiger partial charge in [-0.05, 0) is 23.8 Å². The van der Waals surface area contributed by atoms with Gasteiger partial charge in [0.1, 0.15) is 0 Å². The highest BCUT2D eigenvalue weighted by atomic mass is 19.3. The Bertz CT molecular complexity index is 825. The fraction of sp³-hybridized carbons (Fsp3) is 0.235. The monoisotopic (exact) mass is 332 g/mol. The van der Waals surface area contributed by atoms with Crippen LogP contribution in [0.25, 0.3) is 0 Å². The molecule has 2 aliphatic rings. The molecule has 0 aromatic heterocycles. The third kappa shape index (κ3) is 2.42. The second-order valence-electron chi connectivity index (χ2n) is 5.83. The number of anilines is 2. The van der Waals surface area contributed by atoms with E-state index in [0.717, 1.165) is 11.3 Å². The zero-order valence-electron chi connectivity index (χ0n) is 12.8. The molecule has 0 bridgehead atoms. The summed E-state index contributed by atoms with van der Waals surface area (Å²) in [5, 5.41) is 2.71. The normalized spacial score (nSPS) is 20.0. The highest BCUT2D eigenvalue weighted by molar-refractivity contribution is 6.03. The minimum absolute atomic E-state index is 0.0573. The third-order valence-electron chi connectivity index (χ3n) is 4.11. The molecule has 5 nitrogen and oxygen atoms in total. The fourth-order valence-corrected chi connectivity index (χ4v) is 3.03. The average molecular weight is 332 g/mol. The number of para-hydroxylation sites is 1. The van der Waals surface area contributed by atoms with Gasteiger partial charge in [-0.1, -0.05) is 25.1 Å². The van der Waals surface area contributed by atoms with Crippen molar-refractivity contribution >= 4 is 17.4 Å². The van der Waals surface area contributed by atoms with Gasteiger partial charge in [0.15, 0.2) is 11.5 Å². The smallest absolute Gasteiger partial charge is 0.395 e. The molecule has 0 aliphatic carbocycles. The first-order chi connectivity index (χ1) is 11.4. The SMILES string of the molecule is CC1CN(C(=O)Nc2ccc3c(c2)OC(F)(F)O3)c2ccccc21. The van der Waals surface area contributed by atoms with Gasteiger partial charge < -0.3 is 14.8 Å². The van der Waals surface area contributed by atoms with Crippen LogP contribution in [0.15, 0.2) is 42.5 Å². The lowest BCUT2D eigenvalue weighted by Gasteiger charge is -2.18. The molecule has 2 heterocycles. The predicted octanol–water partition coefficient (Wildman–Crippen LogP) is 4.16. The molecule has 2 aliphatic heterocycles. The van der Waals surface area contributed by atoms with Gasteiger partial charge in [0.25, 0.3) is 0 Å². The Hall–Kier alpha value is -2.83. The van der Waals surface area contributed by atoms with Crippen molar-refractivity contribution in [2.75, 3.05) is 16.8 Å². The van der Waals surface area contributed by atoms with Crippen LogP contribution in [0.2, 0.25) is 0 Å². The van der Waals surface area contributed by atoms with Gasteiger partial charge in [-0.2, -0.15) is 0 Å². The summed E-state index contributed by atoms with van der Waals surface area (Å²) < 4.78 is 34.8. The van der Waals surface area contributed by atoms with E-state index in [1.807, 2.05) is 24.3 Å². The molecule has 2 aromatic rings. The Labute approximate surface area is 136 Å². The summed E-state index contributed by atoms with van der Waals surface area (Å²) >= 11 is 0. The van der Waals surface area contributed by atoms with E-state index in [1.165, 1.54) is 18.2 Å². The molecule has 0 radical (unpaired) electrons. The maximum absolute atomic E-state index is 13.0. The molecule has 0 saturated heterocycles. The van der Waals surface area contributed by atoms with E-state index in [9.17, 15) is 13.6 Å². The number of nitrogens with one attached hydrogen (secondary N) is 1. The number of nitrogens with zero attached hydrogens (tertiary/aromatic N) is 1. The Morgan fingerprint density at radius 2 is 1.96 bits per heavy atom. The van der Waals surface area contributed by atoms with Crippen LogP contribution in [0.3, 0.4) is 0 Å². The van der Waals surface area contributed by atoms with E-state index in [4.69, 9.17) is 0 Å². The first-order valence-electron chi connectivity index (χ1n) is 7.50. The number of urea groups is 1. The van der Waals surface area contributed by atoms with Crippen LogP contribution in [0.5, 0.6) is 11.5 Å². The van der Waals surface area contributed by atoms with Gasteiger partial charge in [-0.15, -0.1) is 8.78 Å². The number of rotatable bonds is 1. The van der Waals surface area contributed by atoms with Crippen LogP contribution in [0.4, 0.5) is 25.0 Å². The van der Waals surface area contributed by atoms with E-state index >= 15 is 0 Å². The maximum Gasteiger partial charge on any atom is 0.586 e. The largest absolute Gasteiger partial charge is 0.586 e. The van der Waals surface area contributed by atoms with Crippen LogP contribution in [-0.2, 0) is 0 Å². The number of hydrogen-bond donors (Lipinski definition) is 1. The van der Waals surface area contributed by atoms with Crippen molar-refractivity contribution in [3.05, 3.63) is 48.0 Å². The lowest BCUT2D eigenvalue weighted by Crippen LogP contribution is -2.33. The second-order valence-corrected chi connectivity index (χ2v) is 5.83. The molecule has 1 unspecified atom stereocenters. The fourth-order valence-electron chi connectivity index (χ4n) is 3.03. The number of fused-ring (bicyclic) bond motifs is 2. The Balaban J connectivity index is 1.54. The van der Waals surface area contributed by atoms with Crippen molar-refractivity contribution in [3.8, 4) is 11.5 Å². The average Bonchev–Trinajstić information content (AvgIpc) is 3.03. The molecule has 0 fully saturated rings. The lowest BCUT2D eigenvalue weighted by atomic mass is 10.0. The van der Waals surface area contributed by atoms with E-state index < -0.39 is 6.29 Å². The summed E-state index contributed by atoms with van der Waals surface area (Å²) in [6.45, 7) is 2.61. The van der Waals surface area contributed by atoms with Crippen LogP contribution in [0, 0.1) is 0 Å². The van der Waals surface area contributed by atoms with Crippen molar-refractivity contribution in [2.45, 2.75) is 19.1 Å². The molecule has 4 rings (SSSR count). The number of carbonyl (C=O) groups is 1. The molecule has 24 heavy (non-hydrogen) atoms. The zero-order valence-corrected chi connectivity index (χ0v) is 12.8. The molecule has 124 valence electrons. The number of ether oxygens (including phenoxy) is 2. The van der Waals surface area contributed by atoms with E-state index in [0.29, 0.717) is 12.2 Å². The first-order valence-corrected chi connectivity index (χ1v) is 7.50. The van der Waals surface area contributed by atoms with Gasteiger partial charge in [-0.25, -0.2) is 4.79 Å². The number of halogens is 2. The summed E-state index contributed by atoms with van der Waals surface area (Å²) in [6.07, 6.45) is -3.67. The maximum atomic E-state index is 13.0. The van der Waals surface area contributed by atoms with Crippen molar-refractivity contribution in [3.63, 3.8) is 0 Å². The minimum Gasteiger partial charge on any atom is -0.395 e. The molecular weight excluding hydrogens is 318 g/mol. The van der Waals surface area contributed by atoms with E-state index in [2.05, 4.69) is 21.7 Å². The standard InChI is InChI=1S/C17H14F2N2O3/c1-10-9-21(13-5-3-2-4-12(10)13)16(22)20-11-6-7-14-15(8-11)24-17(18,19)23-14/h2-8,10H,9H2,1H3,(H,20,22). The first kappa shape index (κ1) is 14.7. The Kier molecular flexibility index (Phi) is 3.13. The summed E-state index contributed by atoms with van der Waals surface area (Å²) in [7, 11) is 0. The molecule has 7 heteroatoms. The topological polar surface area (TPSA) is 50.8 Å². The lowest BCUT2D eigenvalue weighted by molar-refractivity contribution is -0.286. The summed E-state index contributed by atoms with van der Waals surface area (Å²) in [5.74, 6) is 0.0773. The Morgan fingerprint density at radius 1 is 1.21 bits per heavy atom. The van der Waals surface area contributed by atoms with Crippen LogP contribution >= 0.6 is 0 Å². The highest BCUT2D eigenvalue weighted by Crippen LogP contribution is 2.42. The molecule has 0 saturated carbocycles. The quantitative estimate of drug-likeness (QED) is 0.853. The van der Waals surface area contributed by atoms with Crippen molar-refractivity contribution in [1.29, 1.82) is 0 Å². The molecular formula is C17H14F2N2O3. The van der Waals surface area contributed by atoms with Gasteiger partial charge in [0.05, 0.1) is 0 Å². The van der Waals surface area contributed by atoms with Gasteiger partial charge >= 0.3 is 12.3 Å². The third-order valence-corrected chi connectivity index (χ3v) is 4.11. The number of amides is 2. The summed E-state index contributed by atoms with van der Waals surface area (Å²) in [6, 6.07) is 11.5. The molecule has 1 atom stereocenters. The zero-order chi connectivity index (χ0) is 16.9. The number of carbonyl (C=O) groups excluding carboxylic acids is 1. The van der Waals surface area contributed by atoms with Crippen molar-refractivity contribution in [1.82, 2.24) is 0 Å². The van der Waals surface area contributed by atoms with E-state index in [1.54, 1.807) is 4.90 Å². The predicted molar refractivity (Wildman–Crippen MR) is 83.9 cm³/mol. The number of benzene rings is 2. The van der Waals surface area contributed by atoms with Crippen LogP contribution in [0.1, 0.15) is 18.4 Å². The summed E-state index contributed by atoms with van der Waals surface area (Å²) in [4.78, 5) is 14.2. The van der Waals surface area contributed by atoms with Gasteiger partial charge in [0, 0.05) is 29.9 Å². The van der Waals surface area contributed by atoms with Gasteiger partial charge in [0.2, 0.25) is 0 Å². The number of alkyl halides is 2. The summed E-state index contributed by atoms with van der Waals surface area (Å²) in [5.41, 5.74) is 2.32. The molecule has 2 aromatic carbocycles. The van der Waals surface area contributed by atoms with Crippen LogP contribution in [-0.4, -0.2) is 18.9 Å². The molecule has 1 N–H and O–H groups in total. The highest BCUT2D eigenvalue weighted by Gasteiger charge is 2.43. The second kappa shape index (κ2) is 5.09. The van der Waals surface area contributed by atoms with Crippen molar-refractivity contribution < 1.29 is 23.0 Å². The Morgan fingerprint density at radius 3 is 2.79 bits per heavy atom. The van der Waals surface area contributed by atoms with E-state index in [-0.39, 0.29) is 23.4 Å². The van der Waals surface area contributed by atoms with Crippen LogP contribution < -0.4 is 19.7 Å². The molecule has 2 amide bonds. The molecule has 0 spiro atoms. The minimum atomic E-state index is -3.67. The van der Waals surface area contributed by atoms with Crippen molar-refractivity contribution in [2.24, 2.45) is 0 Å².